The van der Waals surface area contributed by atoms with Crippen LogP contribution in [-0.2, 0) is 4.79 Å². The Hall–Kier alpha value is 0.250. The number of rotatable bonds is 3. The van der Waals surface area contributed by atoms with Gasteiger partial charge in [0.1, 0.15) is 5.38 Å². The van der Waals surface area contributed by atoms with Crippen LogP contribution in [0.3, 0.4) is 0 Å². The van der Waals surface area contributed by atoms with E-state index in [9.17, 15) is 4.79 Å². The molecule has 0 spiro atoms. The minimum Gasteiger partial charge on any atom is -0.280 e. The first-order valence-corrected chi connectivity index (χ1v) is 3.74. The fraction of sp³-hybridized carbons (Fsp3) is 0.833. The summed E-state index contributed by atoms with van der Waals surface area (Å²) in [4.78, 5) is 10.4. The molecule has 0 saturated heterocycles. The predicted molar refractivity (Wildman–Crippen MR) is 40.0 cm³/mol. The predicted octanol–water partition coefficient (Wildman–Crippen LogP) is 2.41. The van der Waals surface area contributed by atoms with Gasteiger partial charge in [-0.15, -0.1) is 11.6 Å². The van der Waals surface area contributed by atoms with Crippen molar-refractivity contribution >= 4 is 28.4 Å². The summed E-state index contributed by atoms with van der Waals surface area (Å²) in [6.07, 6.45) is 0.882. The van der Waals surface area contributed by atoms with E-state index in [1.165, 1.54) is 0 Å². The zero-order valence-corrected chi connectivity index (χ0v) is 7.04. The fourth-order valence-corrected chi connectivity index (χ4v) is 0.824. The average molecular weight is 169 g/mol. The maximum Gasteiger partial charge on any atom is 0.239 e. The zero-order chi connectivity index (χ0) is 7.44. The van der Waals surface area contributed by atoms with Gasteiger partial charge in [-0.1, -0.05) is 20.3 Å². The van der Waals surface area contributed by atoms with E-state index in [-0.39, 0.29) is 5.92 Å². The van der Waals surface area contributed by atoms with Crippen LogP contribution in [0.15, 0.2) is 0 Å². The summed E-state index contributed by atoms with van der Waals surface area (Å²) in [7, 11) is 0. The minimum atomic E-state index is -0.517. The van der Waals surface area contributed by atoms with Crippen LogP contribution >= 0.6 is 23.2 Å². The molecule has 0 heterocycles. The Morgan fingerprint density at radius 3 is 2.22 bits per heavy atom. The number of carbonyl (C=O) groups is 1. The molecule has 1 unspecified atom stereocenters. The highest BCUT2D eigenvalue weighted by Gasteiger charge is 2.18. The number of hydrogen-bond acceptors (Lipinski definition) is 1. The molecule has 1 nitrogen and oxygen atoms in total. The molecule has 0 saturated carbocycles. The van der Waals surface area contributed by atoms with Crippen LogP contribution in [0.2, 0.25) is 0 Å². The molecular formula is C6H10Cl2O. The van der Waals surface area contributed by atoms with Gasteiger partial charge in [0.25, 0.3) is 0 Å². The Labute approximate surface area is 65.3 Å². The van der Waals surface area contributed by atoms with Gasteiger partial charge in [-0.3, -0.25) is 4.79 Å². The van der Waals surface area contributed by atoms with Gasteiger partial charge < -0.3 is 0 Å². The lowest BCUT2D eigenvalue weighted by Gasteiger charge is -2.09. The van der Waals surface area contributed by atoms with Crippen molar-refractivity contribution in [2.24, 2.45) is 5.92 Å². The molecular weight excluding hydrogens is 159 g/mol. The third-order valence-electron chi connectivity index (χ3n) is 1.36. The molecule has 0 aromatic rings. The largest absolute Gasteiger partial charge is 0.280 e. The summed E-state index contributed by atoms with van der Waals surface area (Å²) in [6, 6.07) is 0. The van der Waals surface area contributed by atoms with Gasteiger partial charge >= 0.3 is 0 Å². The number of alkyl halides is 1. The van der Waals surface area contributed by atoms with E-state index < -0.39 is 10.6 Å². The van der Waals surface area contributed by atoms with Crippen LogP contribution in [0, 0.1) is 5.92 Å². The van der Waals surface area contributed by atoms with Crippen LogP contribution in [0.1, 0.15) is 20.3 Å². The average Bonchev–Trinajstić information content (AvgIpc) is 1.84. The fourth-order valence-electron chi connectivity index (χ4n) is 0.431. The molecule has 0 amide bonds. The molecule has 2 atom stereocenters. The highest BCUT2D eigenvalue weighted by atomic mass is 35.5. The van der Waals surface area contributed by atoms with E-state index in [1.54, 1.807) is 0 Å². The number of hydrogen-bond donors (Lipinski definition) is 0. The second kappa shape index (κ2) is 4.13. The molecule has 0 aliphatic carbocycles. The molecule has 0 aliphatic rings. The standard InChI is InChI=1S/C6H10Cl2O/c1-3-4(2)5(7)6(8)9/h4-5H,3H2,1-2H3/t4?,5-/m0/s1. The molecule has 3 heteroatoms. The van der Waals surface area contributed by atoms with Crippen LogP contribution in [0.5, 0.6) is 0 Å². The molecule has 9 heavy (non-hydrogen) atoms. The SMILES string of the molecule is CCC(C)[C@H](Cl)C(=O)Cl. The molecule has 0 aromatic heterocycles. The summed E-state index contributed by atoms with van der Waals surface area (Å²) >= 11 is 10.7. The minimum absolute atomic E-state index is 0.177. The Morgan fingerprint density at radius 1 is 1.67 bits per heavy atom. The number of halogens is 2. The molecule has 0 radical (unpaired) electrons. The lowest BCUT2D eigenvalue weighted by molar-refractivity contribution is -0.112. The van der Waals surface area contributed by atoms with Gasteiger partial charge in [-0.25, -0.2) is 0 Å². The van der Waals surface area contributed by atoms with Gasteiger partial charge in [-0.05, 0) is 17.5 Å². The van der Waals surface area contributed by atoms with Crippen LogP contribution < -0.4 is 0 Å². The second-order valence-electron chi connectivity index (χ2n) is 2.09. The first-order valence-electron chi connectivity index (χ1n) is 2.93. The maximum atomic E-state index is 10.4. The van der Waals surface area contributed by atoms with Crippen LogP contribution in [0.25, 0.3) is 0 Å². The normalized spacial score (nSPS) is 16.9. The molecule has 0 N–H and O–H groups in total. The lowest BCUT2D eigenvalue weighted by atomic mass is 10.1. The molecule has 0 fully saturated rings. The summed E-state index contributed by atoms with van der Waals surface area (Å²) in [5.74, 6) is 0.177. The highest BCUT2D eigenvalue weighted by Crippen LogP contribution is 2.15. The first kappa shape index (κ1) is 9.25. The topological polar surface area (TPSA) is 17.1 Å². The van der Waals surface area contributed by atoms with Gasteiger partial charge in [0.05, 0.1) is 0 Å². The van der Waals surface area contributed by atoms with E-state index in [0.29, 0.717) is 0 Å². The Kier molecular flexibility index (Phi) is 4.24. The van der Waals surface area contributed by atoms with Crippen molar-refractivity contribution in [2.45, 2.75) is 25.6 Å². The van der Waals surface area contributed by atoms with Gasteiger partial charge in [0.2, 0.25) is 5.24 Å². The molecule has 0 bridgehead atoms. The summed E-state index contributed by atoms with van der Waals surface area (Å²) in [6.45, 7) is 3.87. The number of carbonyl (C=O) groups excluding carboxylic acids is 1. The summed E-state index contributed by atoms with van der Waals surface area (Å²) in [5, 5.41) is -0.970. The van der Waals surface area contributed by atoms with Crippen molar-refractivity contribution in [1.82, 2.24) is 0 Å². The smallest absolute Gasteiger partial charge is 0.239 e. The van der Waals surface area contributed by atoms with Crippen LogP contribution in [0.4, 0.5) is 0 Å². The van der Waals surface area contributed by atoms with Crippen molar-refractivity contribution in [3.05, 3.63) is 0 Å². The third-order valence-corrected chi connectivity index (χ3v) is 2.34. The van der Waals surface area contributed by atoms with E-state index in [2.05, 4.69) is 0 Å². The molecule has 0 aromatic carbocycles. The van der Waals surface area contributed by atoms with E-state index in [0.717, 1.165) is 6.42 Å². The Balaban J connectivity index is 3.72. The Morgan fingerprint density at radius 2 is 2.11 bits per heavy atom. The van der Waals surface area contributed by atoms with Crippen molar-refractivity contribution in [2.75, 3.05) is 0 Å². The monoisotopic (exact) mass is 168 g/mol. The van der Waals surface area contributed by atoms with Gasteiger partial charge in [-0.2, -0.15) is 0 Å². The summed E-state index contributed by atoms with van der Waals surface area (Å²) in [5.41, 5.74) is 0. The highest BCUT2D eigenvalue weighted by molar-refractivity contribution is 6.69. The molecule has 0 rings (SSSR count). The van der Waals surface area contributed by atoms with E-state index in [1.807, 2.05) is 13.8 Å². The zero-order valence-electron chi connectivity index (χ0n) is 5.53. The quantitative estimate of drug-likeness (QED) is 0.468. The van der Waals surface area contributed by atoms with E-state index in [4.69, 9.17) is 23.2 Å². The van der Waals surface area contributed by atoms with Gasteiger partial charge in [0.15, 0.2) is 0 Å². The second-order valence-corrected chi connectivity index (χ2v) is 2.93. The van der Waals surface area contributed by atoms with Crippen molar-refractivity contribution in [3.8, 4) is 0 Å². The van der Waals surface area contributed by atoms with Crippen molar-refractivity contribution in [1.29, 1.82) is 0 Å². The summed E-state index contributed by atoms with van der Waals surface area (Å²) < 4.78 is 0. The van der Waals surface area contributed by atoms with Crippen molar-refractivity contribution < 1.29 is 4.79 Å². The third kappa shape index (κ3) is 3.07. The molecule has 54 valence electrons. The van der Waals surface area contributed by atoms with Gasteiger partial charge in [0, 0.05) is 0 Å². The van der Waals surface area contributed by atoms with E-state index >= 15 is 0 Å². The first-order chi connectivity index (χ1) is 4.09. The Bertz CT molecular complexity index is 103. The maximum absolute atomic E-state index is 10.4. The van der Waals surface area contributed by atoms with Crippen molar-refractivity contribution in [3.63, 3.8) is 0 Å². The van der Waals surface area contributed by atoms with Crippen LogP contribution in [-0.4, -0.2) is 10.6 Å². The lowest BCUT2D eigenvalue weighted by Crippen LogP contribution is -2.16. The molecule has 0 aliphatic heterocycles.